The molecule has 0 spiro atoms. The summed E-state index contributed by atoms with van der Waals surface area (Å²) in [4.78, 5) is 25.1. The van der Waals surface area contributed by atoms with E-state index in [0.29, 0.717) is 5.76 Å². The minimum Gasteiger partial charge on any atom is -0.451 e. The Morgan fingerprint density at radius 2 is 1.77 bits per heavy atom. The molecule has 156 valence electrons. The summed E-state index contributed by atoms with van der Waals surface area (Å²) in [6.45, 7) is 0. The molecule has 1 fully saturated rings. The Bertz CT molecular complexity index is 986. The Morgan fingerprint density at radius 3 is 2.43 bits per heavy atom. The van der Waals surface area contributed by atoms with Crippen molar-refractivity contribution in [3.8, 4) is 22.6 Å². The first-order valence-electron chi connectivity index (χ1n) is 10.4. The third kappa shape index (κ3) is 4.30. The van der Waals surface area contributed by atoms with Crippen molar-refractivity contribution in [3.05, 3.63) is 54.4 Å². The highest BCUT2D eigenvalue weighted by Gasteiger charge is 2.31. The molecule has 0 aliphatic heterocycles. The van der Waals surface area contributed by atoms with E-state index in [4.69, 9.17) is 4.42 Å². The Hall–Kier alpha value is -3.35. The van der Waals surface area contributed by atoms with Crippen LogP contribution in [-0.2, 0) is 4.79 Å². The molecule has 7 nitrogen and oxygen atoms in total. The highest BCUT2D eigenvalue weighted by atomic mass is 16.3. The maximum atomic E-state index is 12.8. The predicted molar refractivity (Wildman–Crippen MR) is 114 cm³/mol. The Labute approximate surface area is 175 Å². The zero-order valence-electron chi connectivity index (χ0n) is 17.0. The van der Waals surface area contributed by atoms with Gasteiger partial charge in [-0.2, -0.15) is 5.10 Å². The topological polar surface area (TPSA) is 100 Å². The van der Waals surface area contributed by atoms with Gasteiger partial charge in [0.2, 0.25) is 5.91 Å². The van der Waals surface area contributed by atoms with Crippen molar-refractivity contribution in [2.75, 3.05) is 7.05 Å². The van der Waals surface area contributed by atoms with E-state index < -0.39 is 6.04 Å². The van der Waals surface area contributed by atoms with E-state index in [1.165, 1.54) is 6.42 Å². The van der Waals surface area contributed by atoms with Crippen molar-refractivity contribution >= 4 is 11.8 Å². The number of aromatic nitrogens is 2. The summed E-state index contributed by atoms with van der Waals surface area (Å²) in [7, 11) is 1.60. The predicted octanol–water partition coefficient (Wildman–Crippen LogP) is 3.76. The first kappa shape index (κ1) is 19.9. The van der Waals surface area contributed by atoms with E-state index in [9.17, 15) is 9.59 Å². The molecule has 7 heteroatoms. The lowest BCUT2D eigenvalue weighted by atomic mass is 9.83. The number of carbonyl (C=O) groups is 2. The van der Waals surface area contributed by atoms with Crippen LogP contribution < -0.4 is 10.6 Å². The van der Waals surface area contributed by atoms with Crippen molar-refractivity contribution in [3.63, 3.8) is 0 Å². The van der Waals surface area contributed by atoms with Gasteiger partial charge in [0.25, 0.3) is 5.91 Å². The van der Waals surface area contributed by atoms with Crippen LogP contribution in [-0.4, -0.2) is 35.1 Å². The van der Waals surface area contributed by atoms with E-state index in [-0.39, 0.29) is 23.5 Å². The van der Waals surface area contributed by atoms with Crippen LogP contribution in [0.1, 0.15) is 42.7 Å². The summed E-state index contributed by atoms with van der Waals surface area (Å²) in [5.74, 6) is 0.441. The van der Waals surface area contributed by atoms with E-state index in [0.717, 1.165) is 42.5 Å². The second-order valence-electron chi connectivity index (χ2n) is 7.68. The molecular weight excluding hydrogens is 380 g/mol. The molecular formula is C23H26N4O3. The first-order valence-corrected chi connectivity index (χ1v) is 10.4. The number of furan rings is 1. The van der Waals surface area contributed by atoms with Crippen LogP contribution in [0.2, 0.25) is 0 Å². The van der Waals surface area contributed by atoms with Gasteiger partial charge in [0.15, 0.2) is 5.76 Å². The molecule has 1 saturated carbocycles. The van der Waals surface area contributed by atoms with Crippen molar-refractivity contribution in [2.45, 2.75) is 38.1 Å². The monoisotopic (exact) mass is 406 g/mol. The number of amides is 2. The number of nitrogens with zero attached hydrogens (tertiary/aromatic N) is 1. The third-order valence-corrected chi connectivity index (χ3v) is 5.75. The van der Waals surface area contributed by atoms with E-state index in [1.54, 1.807) is 25.4 Å². The van der Waals surface area contributed by atoms with Crippen LogP contribution in [0.5, 0.6) is 0 Å². The Balaban J connectivity index is 1.47. The fourth-order valence-corrected chi connectivity index (χ4v) is 4.08. The van der Waals surface area contributed by atoms with Gasteiger partial charge >= 0.3 is 0 Å². The van der Waals surface area contributed by atoms with Crippen LogP contribution in [0.3, 0.4) is 0 Å². The summed E-state index contributed by atoms with van der Waals surface area (Å²) in [6, 6.07) is 12.6. The minimum absolute atomic E-state index is 0.156. The van der Waals surface area contributed by atoms with Crippen LogP contribution >= 0.6 is 0 Å². The summed E-state index contributed by atoms with van der Waals surface area (Å²) in [5, 5.41) is 12.5. The molecule has 1 unspecified atom stereocenters. The number of carbonyl (C=O) groups excluding carboxylic acids is 2. The second-order valence-corrected chi connectivity index (χ2v) is 7.68. The SMILES string of the molecule is CNC(=O)C(NC(=O)c1ccc(-c2ccc(-c3ccn[nH]3)cc2)o1)C1CCCCC1. The highest BCUT2D eigenvalue weighted by Crippen LogP contribution is 2.28. The highest BCUT2D eigenvalue weighted by molar-refractivity contribution is 5.96. The number of rotatable bonds is 6. The summed E-state index contributed by atoms with van der Waals surface area (Å²) < 4.78 is 5.80. The number of H-pyrrole nitrogens is 1. The van der Waals surface area contributed by atoms with Gasteiger partial charge in [0.1, 0.15) is 11.8 Å². The summed E-state index contributed by atoms with van der Waals surface area (Å²) in [5.41, 5.74) is 2.82. The van der Waals surface area contributed by atoms with Crippen molar-refractivity contribution in [2.24, 2.45) is 5.92 Å². The van der Waals surface area contributed by atoms with Crippen molar-refractivity contribution in [1.82, 2.24) is 20.8 Å². The molecule has 1 atom stereocenters. The smallest absolute Gasteiger partial charge is 0.287 e. The van der Waals surface area contributed by atoms with Gasteiger partial charge in [-0.25, -0.2) is 0 Å². The largest absolute Gasteiger partial charge is 0.451 e. The molecule has 1 aliphatic carbocycles. The number of aromatic amines is 1. The number of hydrogen-bond donors (Lipinski definition) is 3. The maximum Gasteiger partial charge on any atom is 0.287 e. The van der Waals surface area contributed by atoms with E-state index in [2.05, 4.69) is 20.8 Å². The maximum absolute atomic E-state index is 12.8. The molecule has 1 aromatic carbocycles. The van der Waals surface area contributed by atoms with Crippen LogP contribution in [0.25, 0.3) is 22.6 Å². The Morgan fingerprint density at radius 1 is 1.03 bits per heavy atom. The van der Waals surface area contributed by atoms with Gasteiger partial charge in [-0.1, -0.05) is 43.5 Å². The third-order valence-electron chi connectivity index (χ3n) is 5.75. The van der Waals surface area contributed by atoms with Crippen LogP contribution in [0.4, 0.5) is 0 Å². The van der Waals surface area contributed by atoms with Crippen molar-refractivity contribution in [1.29, 1.82) is 0 Å². The van der Waals surface area contributed by atoms with Crippen molar-refractivity contribution < 1.29 is 14.0 Å². The molecule has 30 heavy (non-hydrogen) atoms. The minimum atomic E-state index is -0.537. The molecule has 3 aromatic rings. The van der Waals surface area contributed by atoms with Gasteiger partial charge in [-0.3, -0.25) is 14.7 Å². The number of nitrogens with one attached hydrogen (secondary N) is 3. The van der Waals surface area contributed by atoms with Crippen LogP contribution in [0.15, 0.2) is 53.1 Å². The lowest BCUT2D eigenvalue weighted by molar-refractivity contribution is -0.124. The van der Waals surface area contributed by atoms with Gasteiger partial charge < -0.3 is 15.1 Å². The van der Waals surface area contributed by atoms with Gasteiger partial charge in [0.05, 0.1) is 5.69 Å². The molecule has 3 N–H and O–H groups in total. The van der Waals surface area contributed by atoms with Gasteiger partial charge in [-0.15, -0.1) is 0 Å². The fraction of sp³-hybridized carbons (Fsp3) is 0.348. The van der Waals surface area contributed by atoms with Gasteiger partial charge in [-0.05, 0) is 42.5 Å². The number of hydrogen-bond acceptors (Lipinski definition) is 4. The molecule has 1 aliphatic rings. The first-order chi connectivity index (χ1) is 14.7. The molecule has 0 radical (unpaired) electrons. The molecule has 2 amide bonds. The zero-order chi connectivity index (χ0) is 20.9. The second kappa shape index (κ2) is 8.98. The normalized spacial score (nSPS) is 15.5. The standard InChI is InChI=1S/C23H26N4O3/c1-24-23(29)21(17-5-3-2-4-6-17)26-22(28)20-12-11-19(30-20)16-9-7-15(8-10-16)18-13-14-25-27-18/h7-14,17,21H,2-6H2,1H3,(H,24,29)(H,25,27)(H,26,28). The molecule has 0 saturated heterocycles. The molecule has 2 heterocycles. The lowest BCUT2D eigenvalue weighted by Crippen LogP contribution is -2.50. The molecule has 2 aromatic heterocycles. The summed E-state index contributed by atoms with van der Waals surface area (Å²) in [6.07, 6.45) is 6.97. The zero-order valence-corrected chi connectivity index (χ0v) is 17.0. The fourth-order valence-electron chi connectivity index (χ4n) is 4.08. The quantitative estimate of drug-likeness (QED) is 0.580. The Kier molecular flexibility index (Phi) is 5.97. The summed E-state index contributed by atoms with van der Waals surface area (Å²) >= 11 is 0. The number of likely N-dealkylation sites (N-methyl/N-ethyl adjacent to an activating group) is 1. The molecule has 0 bridgehead atoms. The number of benzene rings is 1. The van der Waals surface area contributed by atoms with Crippen LogP contribution in [0, 0.1) is 5.92 Å². The van der Waals surface area contributed by atoms with E-state index >= 15 is 0 Å². The molecule has 4 rings (SSSR count). The van der Waals surface area contributed by atoms with E-state index in [1.807, 2.05) is 30.3 Å². The average molecular weight is 406 g/mol. The average Bonchev–Trinajstić information content (AvgIpc) is 3.50. The van der Waals surface area contributed by atoms with Gasteiger partial charge in [0, 0.05) is 18.8 Å². The lowest BCUT2D eigenvalue weighted by Gasteiger charge is -2.29.